The van der Waals surface area contributed by atoms with E-state index >= 15 is 0 Å². The van der Waals surface area contributed by atoms with Crippen molar-refractivity contribution in [3.63, 3.8) is 0 Å². The maximum Gasteiger partial charge on any atom is 0.305 e. The van der Waals surface area contributed by atoms with Gasteiger partial charge in [0.05, 0.1) is 18.3 Å². The van der Waals surface area contributed by atoms with Crippen LogP contribution in [0.3, 0.4) is 0 Å². The van der Waals surface area contributed by atoms with Gasteiger partial charge in [-0.15, -0.1) is 0 Å². The van der Waals surface area contributed by atoms with Crippen LogP contribution in [0.4, 0.5) is 0 Å². The van der Waals surface area contributed by atoms with Gasteiger partial charge in [0.1, 0.15) is 25.1 Å². The molecule has 0 bridgehead atoms. The van der Waals surface area contributed by atoms with Crippen LogP contribution in [0, 0.1) is 11.8 Å². The zero-order valence-corrected chi connectivity index (χ0v) is 32.5. The second-order valence-electron chi connectivity index (χ2n) is 15.1. The maximum atomic E-state index is 12.6. The fraction of sp³-hybridized carbons (Fsp3) is 0.881. The minimum absolute atomic E-state index is 0.0414. The van der Waals surface area contributed by atoms with Gasteiger partial charge in [0, 0.05) is 43.9 Å². The van der Waals surface area contributed by atoms with Gasteiger partial charge in [0.2, 0.25) is 0 Å². The summed E-state index contributed by atoms with van der Waals surface area (Å²) in [7, 11) is 0. The molecule has 6 atom stereocenters. The highest BCUT2D eigenvalue weighted by atomic mass is 16.6. The van der Waals surface area contributed by atoms with E-state index in [4.69, 9.17) is 9.47 Å². The molecule has 0 spiro atoms. The van der Waals surface area contributed by atoms with Gasteiger partial charge >= 0.3 is 11.9 Å². The third-order valence-corrected chi connectivity index (χ3v) is 10.2. The number of carbonyl (C=O) groups excluding carboxylic acids is 3. The highest BCUT2D eigenvalue weighted by Gasteiger charge is 2.41. The van der Waals surface area contributed by atoms with Crippen molar-refractivity contribution in [1.82, 2.24) is 0 Å². The monoisotopic (exact) mass is 725 g/mol. The molecule has 298 valence electrons. The molecule has 0 saturated heterocycles. The summed E-state index contributed by atoms with van der Waals surface area (Å²) in [6.45, 7) is 3.89. The molecule has 9 nitrogen and oxygen atoms in total. The quantitative estimate of drug-likeness (QED) is 0.0291. The molecule has 0 aromatic rings. The minimum Gasteiger partial charge on any atom is -0.463 e. The average molecular weight is 725 g/mol. The van der Waals surface area contributed by atoms with E-state index in [0.29, 0.717) is 25.7 Å². The Kier molecular flexibility index (Phi) is 29.3. The fourth-order valence-corrected chi connectivity index (χ4v) is 6.97. The summed E-state index contributed by atoms with van der Waals surface area (Å²) in [5.41, 5.74) is 0. The average Bonchev–Trinajstić information content (AvgIpc) is 3.37. The number of carbonyl (C=O) groups is 3. The molecule has 1 fully saturated rings. The highest BCUT2D eigenvalue weighted by molar-refractivity contribution is 5.79. The molecule has 9 heteroatoms. The Hall–Kier alpha value is -1.81. The topological polar surface area (TPSA) is 151 Å². The van der Waals surface area contributed by atoms with E-state index in [1.54, 1.807) is 12.2 Å². The van der Waals surface area contributed by atoms with E-state index in [9.17, 15) is 34.8 Å². The summed E-state index contributed by atoms with van der Waals surface area (Å²) in [5, 5.41) is 41.1. The van der Waals surface area contributed by atoms with Crippen molar-refractivity contribution in [2.45, 2.75) is 212 Å². The Bertz CT molecular complexity index is 907. The van der Waals surface area contributed by atoms with Gasteiger partial charge < -0.3 is 29.9 Å². The van der Waals surface area contributed by atoms with Crippen LogP contribution < -0.4 is 0 Å². The minimum atomic E-state index is -1.09. The molecule has 0 aromatic carbocycles. The number of hydrogen-bond donors (Lipinski definition) is 4. The second kappa shape index (κ2) is 31.7. The molecule has 4 N–H and O–H groups in total. The van der Waals surface area contributed by atoms with E-state index < -0.39 is 36.3 Å². The molecule has 1 aliphatic carbocycles. The van der Waals surface area contributed by atoms with Gasteiger partial charge in [0.15, 0.2) is 0 Å². The maximum absolute atomic E-state index is 12.6. The molecular weight excluding hydrogens is 648 g/mol. The first-order valence-corrected chi connectivity index (χ1v) is 20.9. The number of esters is 2. The molecule has 0 amide bonds. The van der Waals surface area contributed by atoms with Crippen molar-refractivity contribution < 1.29 is 44.3 Å². The number of hydrogen-bond acceptors (Lipinski definition) is 9. The van der Waals surface area contributed by atoms with Crippen LogP contribution in [0.1, 0.15) is 187 Å². The summed E-state index contributed by atoms with van der Waals surface area (Å²) in [4.78, 5) is 36.8. The lowest BCUT2D eigenvalue weighted by molar-refractivity contribution is -0.152. The lowest BCUT2D eigenvalue weighted by atomic mass is 9.87. The Balaban J connectivity index is 2.04. The molecule has 0 heterocycles. The van der Waals surface area contributed by atoms with Crippen LogP contribution in [-0.4, -0.2) is 75.8 Å². The largest absolute Gasteiger partial charge is 0.463 e. The van der Waals surface area contributed by atoms with Gasteiger partial charge in [-0.3, -0.25) is 14.4 Å². The van der Waals surface area contributed by atoms with E-state index in [1.165, 1.54) is 83.5 Å². The first-order valence-electron chi connectivity index (χ1n) is 20.9. The van der Waals surface area contributed by atoms with Gasteiger partial charge in [-0.2, -0.15) is 0 Å². The number of ketones is 1. The van der Waals surface area contributed by atoms with E-state index in [1.807, 2.05) is 0 Å². The van der Waals surface area contributed by atoms with Crippen molar-refractivity contribution in [1.29, 1.82) is 0 Å². The van der Waals surface area contributed by atoms with Gasteiger partial charge in [-0.25, -0.2) is 0 Å². The zero-order chi connectivity index (χ0) is 37.5. The van der Waals surface area contributed by atoms with Crippen LogP contribution in [0.25, 0.3) is 0 Å². The third kappa shape index (κ3) is 25.7. The summed E-state index contributed by atoms with van der Waals surface area (Å²) in [6, 6.07) is 0. The lowest BCUT2D eigenvalue weighted by Gasteiger charge is -2.20. The van der Waals surface area contributed by atoms with Crippen LogP contribution in [-0.2, 0) is 23.9 Å². The molecule has 1 aliphatic rings. The number of unbranched alkanes of at least 4 members (excludes halogenated alkanes) is 18. The SMILES string of the molecule is CCCCCCCCCCCCCCCCCCC(=O)OC[C@@H](O)COC(=O)CCCCC(=O)C[C@@H]1[C@@H](/C=C/[C@@H](O)CCCCC)[C@H](O)C[C@@H]1O. The number of aliphatic hydroxyl groups excluding tert-OH is 4. The van der Waals surface area contributed by atoms with Crippen LogP contribution in [0.2, 0.25) is 0 Å². The number of ether oxygens (including phenoxy) is 2. The molecule has 51 heavy (non-hydrogen) atoms. The van der Waals surface area contributed by atoms with Crippen LogP contribution >= 0.6 is 0 Å². The standard InChI is InChI=1S/C42H76O9/c1-3-5-7-8-9-10-11-12-13-14-15-16-17-18-19-21-26-41(48)50-32-36(45)33-51-42(49)27-23-22-25-35(44)30-38-37(39(46)31-40(38)47)29-28-34(43)24-20-6-4-2/h28-29,34,36-40,43,45-47H,3-27,30-33H2,1-2H3/b29-28+/t34-,36+,37+,38+,39+,40-/m0/s1. The van der Waals surface area contributed by atoms with Crippen molar-refractivity contribution in [2.24, 2.45) is 11.8 Å². The van der Waals surface area contributed by atoms with Crippen LogP contribution in [0.5, 0.6) is 0 Å². The Morgan fingerprint density at radius 3 is 1.55 bits per heavy atom. The Labute approximate surface area is 310 Å². The molecule has 0 unspecified atom stereocenters. The van der Waals surface area contributed by atoms with Gasteiger partial charge in [-0.05, 0) is 25.7 Å². The predicted octanol–water partition coefficient (Wildman–Crippen LogP) is 8.46. The Morgan fingerprint density at radius 1 is 0.608 bits per heavy atom. The first kappa shape index (κ1) is 47.2. The number of aliphatic hydroxyl groups is 4. The molecule has 0 radical (unpaired) electrons. The molecule has 1 rings (SSSR count). The van der Waals surface area contributed by atoms with Crippen molar-refractivity contribution in [2.75, 3.05) is 13.2 Å². The summed E-state index contributed by atoms with van der Waals surface area (Å²) in [5.74, 6) is -1.67. The van der Waals surface area contributed by atoms with Crippen molar-refractivity contribution in [3.8, 4) is 0 Å². The molecule has 0 aromatic heterocycles. The van der Waals surface area contributed by atoms with E-state index in [-0.39, 0.29) is 56.6 Å². The summed E-state index contributed by atoms with van der Waals surface area (Å²) in [6.07, 6.45) is 26.1. The Morgan fingerprint density at radius 2 is 1.04 bits per heavy atom. The first-order chi connectivity index (χ1) is 24.7. The van der Waals surface area contributed by atoms with Crippen molar-refractivity contribution in [3.05, 3.63) is 12.2 Å². The predicted molar refractivity (Wildman–Crippen MR) is 203 cm³/mol. The lowest BCUT2D eigenvalue weighted by Crippen LogP contribution is -2.25. The fourth-order valence-electron chi connectivity index (χ4n) is 6.97. The molecule has 0 aliphatic heterocycles. The normalized spacial score (nSPS) is 20.1. The smallest absolute Gasteiger partial charge is 0.305 e. The number of Topliss-reactive ketones (excluding diaryl/α,β-unsaturated/α-hetero) is 1. The van der Waals surface area contributed by atoms with Gasteiger partial charge in [0.25, 0.3) is 0 Å². The molecule has 1 saturated carbocycles. The van der Waals surface area contributed by atoms with Crippen LogP contribution in [0.15, 0.2) is 12.2 Å². The summed E-state index contributed by atoms with van der Waals surface area (Å²) < 4.78 is 10.2. The summed E-state index contributed by atoms with van der Waals surface area (Å²) >= 11 is 0. The van der Waals surface area contributed by atoms with Gasteiger partial charge in [-0.1, -0.05) is 142 Å². The number of rotatable bonds is 34. The second-order valence-corrected chi connectivity index (χ2v) is 15.1. The molecular formula is C42H76O9. The third-order valence-electron chi connectivity index (χ3n) is 10.2. The van der Waals surface area contributed by atoms with E-state index in [0.717, 1.165) is 38.5 Å². The van der Waals surface area contributed by atoms with Crippen molar-refractivity contribution >= 4 is 17.7 Å². The zero-order valence-electron chi connectivity index (χ0n) is 32.5. The van der Waals surface area contributed by atoms with E-state index in [2.05, 4.69) is 13.8 Å². The highest BCUT2D eigenvalue weighted by Crippen LogP contribution is 2.36.